The van der Waals surface area contributed by atoms with E-state index in [1.54, 1.807) is 16.6 Å². The molecule has 0 bridgehead atoms. The average molecular weight is 394 g/mol. The average Bonchev–Trinajstić information content (AvgIpc) is 3.10. The number of fused-ring (bicyclic) bond motifs is 1. The molecule has 0 saturated heterocycles. The maximum atomic E-state index is 9.37. The van der Waals surface area contributed by atoms with Crippen molar-refractivity contribution in [2.24, 2.45) is 0 Å². The molecule has 0 amide bonds. The van der Waals surface area contributed by atoms with Crippen LogP contribution in [0.2, 0.25) is 0 Å². The number of allylic oxidation sites excluding steroid dienone is 3. The molecule has 0 fully saturated rings. The third-order valence-corrected chi connectivity index (χ3v) is 5.03. The van der Waals surface area contributed by atoms with Crippen LogP contribution in [0.25, 0.3) is 4.96 Å². The van der Waals surface area contributed by atoms with Gasteiger partial charge in [-0.1, -0.05) is 35.1 Å². The molecule has 1 aliphatic carbocycles. The lowest BCUT2D eigenvalue weighted by Crippen LogP contribution is -2.07. The SMILES string of the molecule is Oc1ccc(Cc2nnc3sc(NC4=CC(Cl)CC(Cl)=C4)nn23)cc1. The number of aromatic hydroxyl groups is 1. The molecular formula is C16H13Cl2N5OS. The van der Waals surface area contributed by atoms with E-state index in [0.29, 0.717) is 28.0 Å². The van der Waals surface area contributed by atoms with Gasteiger partial charge in [0.2, 0.25) is 10.1 Å². The summed E-state index contributed by atoms with van der Waals surface area (Å²) < 4.78 is 1.72. The number of alkyl halides is 1. The van der Waals surface area contributed by atoms with Crippen LogP contribution in [-0.2, 0) is 6.42 Å². The van der Waals surface area contributed by atoms with E-state index in [2.05, 4.69) is 20.6 Å². The number of rotatable bonds is 4. The van der Waals surface area contributed by atoms with Crippen molar-refractivity contribution in [3.8, 4) is 5.75 Å². The second-order valence-electron chi connectivity index (χ2n) is 5.62. The highest BCUT2D eigenvalue weighted by Crippen LogP contribution is 2.27. The summed E-state index contributed by atoms with van der Waals surface area (Å²) in [7, 11) is 0. The van der Waals surface area contributed by atoms with Gasteiger partial charge in [0.05, 0.1) is 5.38 Å². The van der Waals surface area contributed by atoms with Gasteiger partial charge >= 0.3 is 0 Å². The molecule has 1 atom stereocenters. The van der Waals surface area contributed by atoms with Crippen molar-refractivity contribution in [1.29, 1.82) is 0 Å². The zero-order valence-corrected chi connectivity index (χ0v) is 15.2. The number of nitrogens with zero attached hydrogens (tertiary/aromatic N) is 4. The summed E-state index contributed by atoms with van der Waals surface area (Å²) in [5.41, 5.74) is 1.84. The predicted octanol–water partition coefficient (Wildman–Crippen LogP) is 3.91. The van der Waals surface area contributed by atoms with Gasteiger partial charge in [-0.25, -0.2) is 0 Å². The van der Waals surface area contributed by atoms with E-state index >= 15 is 0 Å². The van der Waals surface area contributed by atoms with Crippen LogP contribution in [0, 0.1) is 0 Å². The predicted molar refractivity (Wildman–Crippen MR) is 99.5 cm³/mol. The van der Waals surface area contributed by atoms with Crippen molar-refractivity contribution in [1.82, 2.24) is 19.8 Å². The number of phenols is 1. The van der Waals surface area contributed by atoms with Gasteiger partial charge in [0.1, 0.15) is 5.75 Å². The third-order valence-electron chi connectivity index (χ3n) is 3.67. The van der Waals surface area contributed by atoms with Crippen LogP contribution in [0.15, 0.2) is 47.1 Å². The molecule has 6 nitrogen and oxygen atoms in total. The summed E-state index contributed by atoms with van der Waals surface area (Å²) in [5.74, 6) is 0.965. The Balaban J connectivity index is 1.57. The molecule has 3 aromatic rings. The number of phenolic OH excluding ortho intramolecular Hbond substituents is 1. The van der Waals surface area contributed by atoms with Crippen LogP contribution in [-0.4, -0.2) is 30.3 Å². The Hall–Kier alpha value is -2.09. The normalized spacial score (nSPS) is 17.4. The largest absolute Gasteiger partial charge is 0.508 e. The van der Waals surface area contributed by atoms with E-state index in [-0.39, 0.29) is 11.1 Å². The van der Waals surface area contributed by atoms with E-state index in [9.17, 15) is 5.11 Å². The fourth-order valence-corrected chi connectivity index (χ4v) is 3.97. The van der Waals surface area contributed by atoms with Crippen molar-refractivity contribution in [2.75, 3.05) is 5.32 Å². The molecule has 9 heteroatoms. The van der Waals surface area contributed by atoms with Crippen molar-refractivity contribution in [3.63, 3.8) is 0 Å². The molecule has 128 valence electrons. The lowest BCUT2D eigenvalue weighted by molar-refractivity contribution is 0.475. The van der Waals surface area contributed by atoms with Gasteiger partial charge in [-0.05, 0) is 29.8 Å². The third kappa shape index (κ3) is 3.63. The minimum Gasteiger partial charge on any atom is -0.508 e. The number of hydrogen-bond acceptors (Lipinski definition) is 6. The molecule has 0 spiro atoms. The summed E-state index contributed by atoms with van der Waals surface area (Å²) in [6.45, 7) is 0. The second kappa shape index (κ2) is 6.67. The van der Waals surface area contributed by atoms with Crippen molar-refractivity contribution < 1.29 is 5.11 Å². The first kappa shape index (κ1) is 16.4. The maximum Gasteiger partial charge on any atom is 0.236 e. The highest BCUT2D eigenvalue weighted by molar-refractivity contribution is 7.20. The van der Waals surface area contributed by atoms with Crippen LogP contribution >= 0.6 is 34.5 Å². The summed E-state index contributed by atoms with van der Waals surface area (Å²) in [5, 5.41) is 26.7. The first-order chi connectivity index (χ1) is 12.1. The Morgan fingerprint density at radius 1 is 1.28 bits per heavy atom. The molecule has 1 unspecified atom stereocenters. The number of hydrogen-bond donors (Lipinski definition) is 2. The minimum absolute atomic E-state index is 0.129. The molecular weight excluding hydrogens is 381 g/mol. The van der Waals surface area contributed by atoms with E-state index < -0.39 is 0 Å². The first-order valence-corrected chi connectivity index (χ1v) is 9.18. The van der Waals surface area contributed by atoms with E-state index in [1.165, 1.54) is 11.3 Å². The topological polar surface area (TPSA) is 75.3 Å². The van der Waals surface area contributed by atoms with Crippen LogP contribution in [0.5, 0.6) is 5.75 Å². The van der Waals surface area contributed by atoms with Crippen molar-refractivity contribution in [2.45, 2.75) is 18.2 Å². The molecule has 0 saturated carbocycles. The van der Waals surface area contributed by atoms with E-state index in [0.717, 1.165) is 17.1 Å². The lowest BCUT2D eigenvalue weighted by Gasteiger charge is -2.13. The highest BCUT2D eigenvalue weighted by atomic mass is 35.5. The van der Waals surface area contributed by atoms with Gasteiger partial charge < -0.3 is 10.4 Å². The Morgan fingerprint density at radius 2 is 2.08 bits per heavy atom. The molecule has 4 rings (SSSR count). The van der Waals surface area contributed by atoms with E-state index in [4.69, 9.17) is 23.2 Å². The molecule has 2 heterocycles. The minimum atomic E-state index is -0.129. The van der Waals surface area contributed by atoms with Crippen LogP contribution in [0.4, 0.5) is 5.13 Å². The lowest BCUT2D eigenvalue weighted by atomic mass is 10.1. The van der Waals surface area contributed by atoms with Gasteiger partial charge in [-0.3, -0.25) is 0 Å². The number of benzene rings is 1. The van der Waals surface area contributed by atoms with Crippen LogP contribution < -0.4 is 5.32 Å². The Bertz CT molecular complexity index is 976. The summed E-state index contributed by atoms with van der Waals surface area (Å²) in [6, 6.07) is 7.00. The highest BCUT2D eigenvalue weighted by Gasteiger charge is 2.15. The zero-order valence-electron chi connectivity index (χ0n) is 12.9. The standard InChI is InChI=1S/C16H13Cl2N5OS/c17-10-6-11(18)8-12(7-10)19-15-22-23-14(20-21-16(23)25-15)5-9-1-3-13(24)4-2-9/h1-4,7-8,10,24H,5-6H2,(H,19,22). The van der Waals surface area contributed by atoms with Crippen molar-refractivity contribution >= 4 is 44.6 Å². The number of halogens is 2. The van der Waals surface area contributed by atoms with Gasteiger partial charge in [0.25, 0.3) is 0 Å². The number of aromatic nitrogens is 4. The summed E-state index contributed by atoms with van der Waals surface area (Å²) in [4.78, 5) is 0.699. The first-order valence-electron chi connectivity index (χ1n) is 7.55. The fourth-order valence-electron chi connectivity index (χ4n) is 2.53. The molecule has 1 aromatic carbocycles. The fraction of sp³-hybridized carbons (Fsp3) is 0.188. The maximum absolute atomic E-state index is 9.37. The Kier molecular flexibility index (Phi) is 4.37. The van der Waals surface area contributed by atoms with Gasteiger partial charge in [0, 0.05) is 23.6 Å². The summed E-state index contributed by atoms with van der Waals surface area (Å²) in [6.07, 6.45) is 4.96. The Morgan fingerprint density at radius 3 is 2.84 bits per heavy atom. The number of anilines is 1. The van der Waals surface area contributed by atoms with Crippen LogP contribution in [0.1, 0.15) is 17.8 Å². The monoisotopic (exact) mass is 393 g/mol. The van der Waals surface area contributed by atoms with Crippen molar-refractivity contribution in [3.05, 3.63) is 58.5 Å². The smallest absolute Gasteiger partial charge is 0.236 e. The molecule has 2 N–H and O–H groups in total. The quantitative estimate of drug-likeness (QED) is 0.657. The van der Waals surface area contributed by atoms with E-state index in [1.807, 2.05) is 24.3 Å². The van der Waals surface area contributed by atoms with Gasteiger partial charge in [0.15, 0.2) is 5.82 Å². The molecule has 2 aromatic heterocycles. The van der Waals surface area contributed by atoms with Gasteiger partial charge in [-0.2, -0.15) is 4.52 Å². The number of nitrogens with one attached hydrogen (secondary N) is 1. The molecule has 25 heavy (non-hydrogen) atoms. The molecule has 0 aliphatic heterocycles. The second-order valence-corrected chi connectivity index (χ2v) is 7.62. The Labute approximate surface area is 157 Å². The van der Waals surface area contributed by atoms with Gasteiger partial charge in [-0.15, -0.1) is 26.9 Å². The van der Waals surface area contributed by atoms with Crippen LogP contribution in [0.3, 0.4) is 0 Å². The zero-order chi connectivity index (χ0) is 17.4. The summed E-state index contributed by atoms with van der Waals surface area (Å²) >= 11 is 13.6. The molecule has 0 radical (unpaired) electrons. The molecule has 1 aliphatic rings.